The van der Waals surface area contributed by atoms with Gasteiger partial charge in [-0.05, 0) is 24.6 Å². The molecule has 1 amide bonds. The minimum absolute atomic E-state index is 0.179. The molecule has 0 aromatic heterocycles. The van der Waals surface area contributed by atoms with E-state index in [1.165, 1.54) is 25.1 Å². The molecule has 0 radical (unpaired) electrons. The summed E-state index contributed by atoms with van der Waals surface area (Å²) in [4.78, 5) is 43.7. The van der Waals surface area contributed by atoms with Crippen molar-refractivity contribution in [2.24, 2.45) is 0 Å². The largest absolute Gasteiger partial charge is 0.545 e. The van der Waals surface area contributed by atoms with Gasteiger partial charge in [0.1, 0.15) is 0 Å². The second-order valence-corrected chi connectivity index (χ2v) is 4.95. The lowest BCUT2D eigenvalue weighted by Crippen LogP contribution is -2.27. The van der Waals surface area contributed by atoms with Crippen LogP contribution in [-0.2, 0) is 0 Å². The molecule has 2 rings (SSSR count). The number of nitrogens with one attached hydrogen (secondary N) is 1. The van der Waals surface area contributed by atoms with Crippen LogP contribution in [0.2, 0.25) is 0 Å². The van der Waals surface area contributed by atoms with Crippen molar-refractivity contribution in [3.8, 4) is 0 Å². The third-order valence-corrected chi connectivity index (χ3v) is 3.36. The molecule has 0 heterocycles. The van der Waals surface area contributed by atoms with Crippen molar-refractivity contribution in [1.82, 2.24) is 0 Å². The Bertz CT molecular complexity index is 908. The Morgan fingerprint density at radius 1 is 1.04 bits per heavy atom. The van der Waals surface area contributed by atoms with Crippen molar-refractivity contribution < 1.29 is 24.5 Å². The number of rotatable bonds is 5. The average molecular weight is 344 g/mol. The van der Waals surface area contributed by atoms with Crippen LogP contribution in [0, 0.1) is 27.2 Å². The summed E-state index contributed by atoms with van der Waals surface area (Å²) in [5.41, 5.74) is -1.68. The van der Waals surface area contributed by atoms with E-state index >= 15 is 0 Å². The molecule has 0 bridgehead atoms. The van der Waals surface area contributed by atoms with Gasteiger partial charge >= 0.3 is 0 Å². The normalized spacial score (nSPS) is 10.1. The predicted molar refractivity (Wildman–Crippen MR) is 83.2 cm³/mol. The van der Waals surface area contributed by atoms with Crippen LogP contribution in [0.1, 0.15) is 26.3 Å². The summed E-state index contributed by atoms with van der Waals surface area (Å²) >= 11 is 0. The van der Waals surface area contributed by atoms with E-state index in [1.54, 1.807) is 0 Å². The first kappa shape index (κ1) is 17.5. The van der Waals surface area contributed by atoms with Gasteiger partial charge in [-0.2, -0.15) is 0 Å². The average Bonchev–Trinajstić information content (AvgIpc) is 2.55. The molecule has 0 unspecified atom stereocenters. The van der Waals surface area contributed by atoms with Crippen LogP contribution in [-0.4, -0.2) is 21.7 Å². The van der Waals surface area contributed by atoms with Crippen LogP contribution in [0.15, 0.2) is 36.4 Å². The highest BCUT2D eigenvalue weighted by atomic mass is 16.6. The number of carbonyl (C=O) groups is 2. The number of aryl methyl sites for hydroxylation is 1. The van der Waals surface area contributed by atoms with E-state index in [9.17, 15) is 34.9 Å². The van der Waals surface area contributed by atoms with Gasteiger partial charge in [0.15, 0.2) is 0 Å². The molecule has 0 fully saturated rings. The zero-order chi connectivity index (χ0) is 18.7. The summed E-state index contributed by atoms with van der Waals surface area (Å²) in [6, 6.07) is 6.88. The number of nitro benzene ring substituents is 2. The molecule has 0 saturated carbocycles. The standard InChI is InChI=1S/C15H11N3O7/c1-8-7-9(17(22)23)5-6-11(8)16-14(19)10-3-2-4-12(18(24)25)13(10)15(20)21/h2-7H,1H3,(H,16,19)(H,20,21)/p-1. The summed E-state index contributed by atoms with van der Waals surface area (Å²) in [6.07, 6.45) is 0. The quantitative estimate of drug-likeness (QED) is 0.635. The molecule has 0 saturated heterocycles. The van der Waals surface area contributed by atoms with Crippen LogP contribution in [0.25, 0.3) is 0 Å². The molecule has 0 aliphatic heterocycles. The van der Waals surface area contributed by atoms with Crippen molar-refractivity contribution in [2.45, 2.75) is 6.92 Å². The Labute approximate surface area is 140 Å². The van der Waals surface area contributed by atoms with Crippen molar-refractivity contribution in [3.05, 3.63) is 73.3 Å². The first-order valence-corrected chi connectivity index (χ1v) is 6.77. The van der Waals surface area contributed by atoms with Gasteiger partial charge in [0, 0.05) is 23.9 Å². The van der Waals surface area contributed by atoms with Gasteiger partial charge in [0.25, 0.3) is 17.3 Å². The lowest BCUT2D eigenvalue weighted by atomic mass is 10.0. The smallest absolute Gasteiger partial charge is 0.279 e. The van der Waals surface area contributed by atoms with Crippen LogP contribution in [0.5, 0.6) is 0 Å². The molecular formula is C15H10N3O7-. The first-order chi connectivity index (χ1) is 11.7. The summed E-state index contributed by atoms with van der Waals surface area (Å²) < 4.78 is 0. The monoisotopic (exact) mass is 344 g/mol. The van der Waals surface area contributed by atoms with Crippen molar-refractivity contribution >= 4 is 28.9 Å². The minimum atomic E-state index is -1.86. The number of carbonyl (C=O) groups excluding carboxylic acids is 2. The Hall–Kier alpha value is -3.82. The lowest BCUT2D eigenvalue weighted by Gasteiger charge is -2.12. The third-order valence-electron chi connectivity index (χ3n) is 3.36. The number of aromatic carboxylic acids is 1. The van der Waals surface area contributed by atoms with E-state index in [2.05, 4.69) is 5.32 Å². The number of carboxylic acid groups (broad SMARTS) is 1. The maximum absolute atomic E-state index is 12.3. The predicted octanol–water partition coefficient (Wildman–Crippen LogP) is 1.43. The molecule has 2 aromatic rings. The maximum atomic E-state index is 12.3. The molecule has 10 heteroatoms. The minimum Gasteiger partial charge on any atom is -0.545 e. The molecular weight excluding hydrogens is 334 g/mol. The zero-order valence-electron chi connectivity index (χ0n) is 12.7. The second kappa shape index (κ2) is 6.74. The first-order valence-electron chi connectivity index (χ1n) is 6.77. The fraction of sp³-hybridized carbons (Fsp3) is 0.0667. The number of hydrogen-bond acceptors (Lipinski definition) is 7. The summed E-state index contributed by atoms with van der Waals surface area (Å²) in [6.45, 7) is 1.51. The van der Waals surface area contributed by atoms with Crippen LogP contribution < -0.4 is 10.4 Å². The van der Waals surface area contributed by atoms with Gasteiger partial charge in [-0.1, -0.05) is 6.07 Å². The molecule has 0 atom stereocenters. The highest BCUT2D eigenvalue weighted by molar-refractivity contribution is 6.12. The Kier molecular flexibility index (Phi) is 4.73. The molecule has 10 nitrogen and oxygen atoms in total. The summed E-state index contributed by atoms with van der Waals surface area (Å²) in [5, 5.41) is 35.2. The Balaban J connectivity index is 2.43. The Morgan fingerprint density at radius 2 is 1.72 bits per heavy atom. The Morgan fingerprint density at radius 3 is 2.24 bits per heavy atom. The number of anilines is 1. The van der Waals surface area contributed by atoms with Gasteiger partial charge in [0.2, 0.25) is 0 Å². The van der Waals surface area contributed by atoms with Crippen molar-refractivity contribution in [2.75, 3.05) is 5.32 Å². The highest BCUT2D eigenvalue weighted by Crippen LogP contribution is 2.25. The summed E-state index contributed by atoms with van der Waals surface area (Å²) in [7, 11) is 0. The van der Waals surface area contributed by atoms with E-state index in [0.29, 0.717) is 5.56 Å². The van der Waals surface area contributed by atoms with E-state index in [4.69, 9.17) is 0 Å². The number of nitro groups is 2. The van der Waals surface area contributed by atoms with Gasteiger partial charge in [-0.3, -0.25) is 25.0 Å². The molecule has 0 spiro atoms. The molecule has 1 N–H and O–H groups in total. The molecule has 128 valence electrons. The number of amides is 1. The number of carboxylic acids is 1. The van der Waals surface area contributed by atoms with Crippen LogP contribution in [0.4, 0.5) is 17.1 Å². The topological polar surface area (TPSA) is 156 Å². The number of hydrogen-bond donors (Lipinski definition) is 1. The summed E-state index contributed by atoms with van der Waals surface area (Å²) in [5.74, 6) is -2.78. The highest BCUT2D eigenvalue weighted by Gasteiger charge is 2.23. The molecule has 0 aliphatic carbocycles. The van der Waals surface area contributed by atoms with Gasteiger partial charge in [0.05, 0.1) is 26.9 Å². The molecule has 2 aromatic carbocycles. The molecule has 0 aliphatic rings. The van der Waals surface area contributed by atoms with Gasteiger partial charge in [-0.25, -0.2) is 0 Å². The van der Waals surface area contributed by atoms with Crippen LogP contribution >= 0.6 is 0 Å². The van der Waals surface area contributed by atoms with Crippen LogP contribution in [0.3, 0.4) is 0 Å². The fourth-order valence-corrected chi connectivity index (χ4v) is 2.19. The zero-order valence-corrected chi connectivity index (χ0v) is 12.7. The van der Waals surface area contributed by atoms with Gasteiger partial charge < -0.3 is 15.2 Å². The fourth-order valence-electron chi connectivity index (χ4n) is 2.19. The van der Waals surface area contributed by atoms with Gasteiger partial charge in [-0.15, -0.1) is 0 Å². The van der Waals surface area contributed by atoms with E-state index in [1.807, 2.05) is 0 Å². The number of nitrogens with zero attached hydrogens (tertiary/aromatic N) is 2. The number of non-ortho nitro benzene ring substituents is 1. The lowest BCUT2D eigenvalue weighted by molar-refractivity contribution is -0.385. The van der Waals surface area contributed by atoms with E-state index in [0.717, 1.165) is 18.2 Å². The maximum Gasteiger partial charge on any atom is 0.279 e. The van der Waals surface area contributed by atoms with E-state index < -0.39 is 38.5 Å². The number of benzene rings is 2. The van der Waals surface area contributed by atoms with Crippen molar-refractivity contribution in [1.29, 1.82) is 0 Å². The SMILES string of the molecule is Cc1cc([N+](=O)[O-])ccc1NC(=O)c1cccc([N+](=O)[O-])c1C(=O)[O-]. The second-order valence-electron chi connectivity index (χ2n) is 4.95. The van der Waals surface area contributed by atoms with Crippen molar-refractivity contribution in [3.63, 3.8) is 0 Å². The van der Waals surface area contributed by atoms with E-state index in [-0.39, 0.29) is 11.4 Å². The molecule has 25 heavy (non-hydrogen) atoms. The third kappa shape index (κ3) is 3.58.